The summed E-state index contributed by atoms with van der Waals surface area (Å²) in [6.07, 6.45) is 6.92. The molecule has 4 fully saturated rings. The van der Waals surface area contributed by atoms with E-state index < -0.39 is 5.97 Å². The van der Waals surface area contributed by atoms with E-state index in [9.17, 15) is 9.90 Å². The van der Waals surface area contributed by atoms with Gasteiger partial charge in [-0.2, -0.15) is 0 Å². The Morgan fingerprint density at radius 2 is 1.50 bits per heavy atom. The Hall–Kier alpha value is -0.580. The van der Waals surface area contributed by atoms with Crippen molar-refractivity contribution < 1.29 is 9.90 Å². The average Bonchev–Trinajstić information content (AvgIpc) is 2.45. The number of carboxylic acids is 1. The van der Waals surface area contributed by atoms with E-state index in [4.69, 9.17) is 0 Å². The van der Waals surface area contributed by atoms with Crippen LogP contribution in [0.2, 0.25) is 0 Å². The van der Waals surface area contributed by atoms with Gasteiger partial charge in [0, 0.05) is 3.57 Å². The van der Waals surface area contributed by atoms with Gasteiger partial charge in [-0.05, 0) is 95.9 Å². The SMILES string of the molecule is CC(C)(C)c1ccccc1I.O=C(O)C12CC3CC(CC(C3)C1)C2. The van der Waals surface area contributed by atoms with Gasteiger partial charge in [0.1, 0.15) is 0 Å². The summed E-state index contributed by atoms with van der Waals surface area (Å²) in [5, 5.41) is 9.28. The molecule has 0 amide bonds. The van der Waals surface area contributed by atoms with E-state index in [1.54, 1.807) is 0 Å². The molecule has 0 aliphatic heterocycles. The van der Waals surface area contributed by atoms with E-state index in [0.29, 0.717) is 0 Å². The highest BCUT2D eigenvalue weighted by Gasteiger charge is 2.54. The first-order valence-electron chi connectivity index (χ1n) is 9.18. The molecule has 0 radical (unpaired) electrons. The van der Waals surface area contributed by atoms with Crippen LogP contribution >= 0.6 is 22.6 Å². The number of halogens is 1. The second-order valence-electron chi connectivity index (χ2n) is 9.23. The van der Waals surface area contributed by atoms with Crippen molar-refractivity contribution in [2.45, 2.75) is 64.7 Å². The molecule has 2 nitrogen and oxygen atoms in total. The van der Waals surface area contributed by atoms with Crippen molar-refractivity contribution in [2.75, 3.05) is 0 Å². The molecular weight excluding hydrogens is 411 g/mol. The summed E-state index contributed by atoms with van der Waals surface area (Å²) in [6.45, 7) is 6.72. The summed E-state index contributed by atoms with van der Waals surface area (Å²) in [5.41, 5.74) is 1.42. The van der Waals surface area contributed by atoms with Crippen molar-refractivity contribution in [1.29, 1.82) is 0 Å². The fraction of sp³-hybridized carbons (Fsp3) is 0.667. The number of carbonyl (C=O) groups is 1. The monoisotopic (exact) mass is 440 g/mol. The zero-order valence-electron chi connectivity index (χ0n) is 15.0. The van der Waals surface area contributed by atoms with Gasteiger partial charge in [0.15, 0.2) is 0 Å². The lowest BCUT2D eigenvalue weighted by Crippen LogP contribution is -2.49. The van der Waals surface area contributed by atoms with Gasteiger partial charge in [0.05, 0.1) is 5.41 Å². The molecule has 4 aliphatic rings. The Balaban J connectivity index is 0.000000144. The maximum absolute atomic E-state index is 11.3. The largest absolute Gasteiger partial charge is 0.481 e. The minimum atomic E-state index is -0.508. The third-order valence-electron chi connectivity index (χ3n) is 6.17. The molecule has 0 spiro atoms. The zero-order valence-corrected chi connectivity index (χ0v) is 17.2. The van der Waals surface area contributed by atoms with Crippen LogP contribution in [0.3, 0.4) is 0 Å². The standard InChI is InChI=1S/C11H16O2.C10H13I/c12-10(13)11-4-7-1-8(5-11)3-9(2-7)6-11;1-10(2,3)8-6-4-5-7-9(8)11/h7-9H,1-6H2,(H,12,13);4-7H,1-3H3. The lowest BCUT2D eigenvalue weighted by Gasteiger charge is -2.54. The first-order valence-corrected chi connectivity index (χ1v) is 10.3. The summed E-state index contributed by atoms with van der Waals surface area (Å²) >= 11 is 2.39. The van der Waals surface area contributed by atoms with Gasteiger partial charge in [-0.3, -0.25) is 4.79 Å². The highest BCUT2D eigenvalue weighted by atomic mass is 127. The molecule has 5 rings (SSSR count). The lowest BCUT2D eigenvalue weighted by atomic mass is 9.49. The van der Waals surface area contributed by atoms with E-state index in [-0.39, 0.29) is 10.8 Å². The number of rotatable bonds is 1. The van der Waals surface area contributed by atoms with Gasteiger partial charge in [-0.25, -0.2) is 0 Å². The Labute approximate surface area is 159 Å². The molecule has 4 aliphatic carbocycles. The van der Waals surface area contributed by atoms with Crippen molar-refractivity contribution in [1.82, 2.24) is 0 Å². The molecule has 4 saturated carbocycles. The second kappa shape index (κ2) is 6.62. The fourth-order valence-corrected chi connectivity index (χ4v) is 6.64. The Morgan fingerprint density at radius 3 is 1.83 bits per heavy atom. The molecular formula is C21H29IO2. The van der Waals surface area contributed by atoms with E-state index in [1.165, 1.54) is 28.4 Å². The smallest absolute Gasteiger partial charge is 0.309 e. The second-order valence-corrected chi connectivity index (χ2v) is 10.4. The molecule has 24 heavy (non-hydrogen) atoms. The highest BCUT2D eigenvalue weighted by molar-refractivity contribution is 14.1. The Morgan fingerprint density at radius 1 is 1.04 bits per heavy atom. The first kappa shape index (κ1) is 18.2. The molecule has 0 saturated heterocycles. The number of hydrogen-bond acceptors (Lipinski definition) is 1. The van der Waals surface area contributed by atoms with Gasteiger partial charge in [0.25, 0.3) is 0 Å². The summed E-state index contributed by atoms with van der Waals surface area (Å²) < 4.78 is 1.36. The Bertz CT molecular complexity index is 579. The number of benzene rings is 1. The zero-order chi connectivity index (χ0) is 17.5. The molecule has 0 heterocycles. The molecule has 3 heteroatoms. The molecule has 1 aromatic rings. The summed E-state index contributed by atoms with van der Waals surface area (Å²) in [5.74, 6) is 1.75. The van der Waals surface area contributed by atoms with Crippen LogP contribution < -0.4 is 0 Å². The van der Waals surface area contributed by atoms with Crippen molar-refractivity contribution in [3.63, 3.8) is 0 Å². The summed E-state index contributed by atoms with van der Waals surface area (Å²) in [7, 11) is 0. The number of hydrogen-bond donors (Lipinski definition) is 1. The predicted octanol–water partition coefficient (Wildman–Crippen LogP) is 5.88. The molecule has 0 aromatic heterocycles. The maximum Gasteiger partial charge on any atom is 0.309 e. The predicted molar refractivity (Wildman–Crippen MR) is 106 cm³/mol. The third kappa shape index (κ3) is 3.66. The quantitative estimate of drug-likeness (QED) is 0.554. The van der Waals surface area contributed by atoms with Crippen LogP contribution in [0, 0.1) is 26.7 Å². The van der Waals surface area contributed by atoms with Crippen LogP contribution in [0.4, 0.5) is 0 Å². The van der Waals surface area contributed by atoms with E-state index in [0.717, 1.165) is 37.0 Å². The topological polar surface area (TPSA) is 37.3 Å². The number of aliphatic carboxylic acids is 1. The molecule has 1 N–H and O–H groups in total. The maximum atomic E-state index is 11.3. The molecule has 1 aromatic carbocycles. The molecule has 0 unspecified atom stereocenters. The van der Waals surface area contributed by atoms with Gasteiger partial charge in [-0.15, -0.1) is 0 Å². The van der Waals surface area contributed by atoms with Crippen molar-refractivity contribution in [2.24, 2.45) is 23.2 Å². The van der Waals surface area contributed by atoms with Crippen molar-refractivity contribution in [3.8, 4) is 0 Å². The van der Waals surface area contributed by atoms with Gasteiger partial charge in [0.2, 0.25) is 0 Å². The van der Waals surface area contributed by atoms with Crippen molar-refractivity contribution in [3.05, 3.63) is 33.4 Å². The normalized spacial score (nSPS) is 33.8. The van der Waals surface area contributed by atoms with Crippen molar-refractivity contribution >= 4 is 28.6 Å². The molecule has 4 bridgehead atoms. The van der Waals surface area contributed by atoms with E-state index in [1.807, 2.05) is 0 Å². The van der Waals surface area contributed by atoms with Crippen LogP contribution in [0.5, 0.6) is 0 Å². The van der Waals surface area contributed by atoms with Crippen LogP contribution in [0.15, 0.2) is 24.3 Å². The average molecular weight is 440 g/mol. The van der Waals surface area contributed by atoms with Crippen LogP contribution in [0.25, 0.3) is 0 Å². The van der Waals surface area contributed by atoms with Crippen LogP contribution in [-0.2, 0) is 10.2 Å². The summed E-state index contributed by atoms with van der Waals surface area (Å²) in [4.78, 5) is 11.3. The van der Waals surface area contributed by atoms with Gasteiger partial charge < -0.3 is 5.11 Å². The van der Waals surface area contributed by atoms with E-state index in [2.05, 4.69) is 67.6 Å². The summed E-state index contributed by atoms with van der Waals surface area (Å²) in [6, 6.07) is 8.53. The third-order valence-corrected chi connectivity index (χ3v) is 7.11. The lowest BCUT2D eigenvalue weighted by molar-refractivity contribution is -0.164. The van der Waals surface area contributed by atoms with E-state index >= 15 is 0 Å². The molecule has 0 atom stereocenters. The minimum Gasteiger partial charge on any atom is -0.481 e. The van der Waals surface area contributed by atoms with Gasteiger partial charge in [-0.1, -0.05) is 39.0 Å². The fourth-order valence-electron chi connectivity index (χ4n) is 5.44. The van der Waals surface area contributed by atoms with Gasteiger partial charge >= 0.3 is 5.97 Å². The van der Waals surface area contributed by atoms with Crippen LogP contribution in [0.1, 0.15) is 64.9 Å². The first-order chi connectivity index (χ1) is 11.2. The Kier molecular flexibility index (Phi) is 5.03. The highest BCUT2D eigenvalue weighted by Crippen LogP contribution is 2.60. The minimum absolute atomic E-state index is 0.276. The number of carboxylic acid groups (broad SMARTS) is 1. The molecule has 132 valence electrons. The van der Waals surface area contributed by atoms with Crippen LogP contribution in [-0.4, -0.2) is 11.1 Å².